The van der Waals surface area contributed by atoms with Gasteiger partial charge in [0.2, 0.25) is 0 Å². The third-order valence-electron chi connectivity index (χ3n) is 1.50. The number of piperidine rings is 1. The van der Waals surface area contributed by atoms with Crippen LogP contribution in [0.15, 0.2) is 0 Å². The van der Waals surface area contributed by atoms with E-state index in [0.717, 1.165) is 25.9 Å². The average molecular weight is 212 g/mol. The molecule has 0 bridgehead atoms. The van der Waals surface area contributed by atoms with Crippen molar-refractivity contribution >= 4 is 14.5 Å². The summed E-state index contributed by atoms with van der Waals surface area (Å²) < 4.78 is 23.4. The van der Waals surface area contributed by atoms with Gasteiger partial charge in [0.15, 0.2) is 0 Å². The minimum atomic E-state index is -2.91. The second kappa shape index (κ2) is 4.16. The summed E-state index contributed by atoms with van der Waals surface area (Å²) in [6, 6.07) is 0. The van der Waals surface area contributed by atoms with Gasteiger partial charge in [-0.25, -0.2) is 0 Å². The Morgan fingerprint density at radius 3 is 2.60 bits per heavy atom. The maximum atomic E-state index is 10.2. The summed E-state index contributed by atoms with van der Waals surface area (Å²) in [6.45, 7) is 1.78. The fraction of sp³-hybridized carbons (Fsp3) is 1.00. The molecule has 0 amide bonds. The van der Waals surface area contributed by atoms with Crippen LogP contribution in [0.2, 0.25) is 0 Å². The van der Waals surface area contributed by atoms with Crippen LogP contribution in [-0.4, -0.2) is 37.9 Å². The van der Waals surface area contributed by atoms with E-state index in [1.54, 1.807) is 0 Å². The van der Waals surface area contributed by atoms with Gasteiger partial charge in [-0.1, -0.05) is 0 Å². The molecule has 0 aromatic carbocycles. The first-order valence-corrected chi connectivity index (χ1v) is 5.44. The Labute approximate surface area is 64.3 Å². The van der Waals surface area contributed by atoms with Crippen molar-refractivity contribution in [3.63, 3.8) is 0 Å². The zero-order chi connectivity index (χ0) is 7.40. The molecule has 0 spiro atoms. The quantitative estimate of drug-likeness (QED) is 0.586. The van der Waals surface area contributed by atoms with E-state index in [1.807, 2.05) is 0 Å². The Bertz CT molecular complexity index is 124. The number of hydrogen-bond donors (Lipinski definition) is 2. The molecule has 1 atom stereocenters. The third kappa shape index (κ3) is 2.86. The van der Waals surface area contributed by atoms with Gasteiger partial charge >= 0.3 is 63.7 Å². The first kappa shape index (κ1) is 8.30. The van der Waals surface area contributed by atoms with Gasteiger partial charge < -0.3 is 0 Å². The summed E-state index contributed by atoms with van der Waals surface area (Å²) in [5.41, 5.74) is 0. The number of hydrogen-bond acceptors (Lipinski definition) is 3. The van der Waals surface area contributed by atoms with E-state index in [-0.39, 0.29) is 6.10 Å². The molecular weight excluding hydrogens is 201 g/mol. The summed E-state index contributed by atoms with van der Waals surface area (Å²) in [4.78, 5) is 0. The van der Waals surface area contributed by atoms with Gasteiger partial charge in [0, 0.05) is 0 Å². The van der Waals surface area contributed by atoms with Crippen molar-refractivity contribution in [2.75, 3.05) is 13.1 Å². The average Bonchev–Trinajstić information content (AvgIpc) is 1.88. The molecule has 2 N–H and O–H groups in total. The van der Waals surface area contributed by atoms with E-state index < -0.39 is 14.5 Å². The van der Waals surface area contributed by atoms with Crippen molar-refractivity contribution in [3.05, 3.63) is 0 Å². The predicted octanol–water partition coefficient (Wildman–Crippen LogP) is -0.837. The van der Waals surface area contributed by atoms with Crippen molar-refractivity contribution in [3.8, 4) is 0 Å². The monoisotopic (exact) mass is 213 g/mol. The molecule has 0 aliphatic carbocycles. The summed E-state index contributed by atoms with van der Waals surface area (Å²) in [6.07, 6.45) is 1.71. The normalized spacial score (nSPS) is 24.5. The Balaban J connectivity index is 2.19. The molecule has 1 fully saturated rings. The second-order valence-electron chi connectivity index (χ2n) is 2.26. The van der Waals surface area contributed by atoms with E-state index in [0.29, 0.717) is 0 Å². The van der Waals surface area contributed by atoms with Gasteiger partial charge in [-0.2, -0.15) is 0 Å². The van der Waals surface area contributed by atoms with Crippen LogP contribution in [0.5, 0.6) is 0 Å². The molecule has 1 aliphatic rings. The summed E-state index contributed by atoms with van der Waals surface area (Å²) >= 11 is -2.91. The molecule has 1 saturated heterocycles. The van der Waals surface area contributed by atoms with Gasteiger partial charge in [-0.15, -0.1) is 0 Å². The predicted molar refractivity (Wildman–Crippen MR) is 35.6 cm³/mol. The van der Waals surface area contributed by atoms with Crippen molar-refractivity contribution in [2.24, 2.45) is 0 Å². The Morgan fingerprint density at radius 2 is 2.10 bits per heavy atom. The minimum absolute atomic E-state index is 0.00810. The number of rotatable bonds is 2. The van der Waals surface area contributed by atoms with Crippen LogP contribution in [0.4, 0.5) is 0 Å². The molecule has 10 heavy (non-hydrogen) atoms. The van der Waals surface area contributed by atoms with Gasteiger partial charge in [0.25, 0.3) is 0 Å². The molecule has 1 rings (SSSR count). The van der Waals surface area contributed by atoms with Crippen molar-refractivity contribution in [1.82, 2.24) is 5.32 Å². The Morgan fingerprint density at radius 1 is 1.50 bits per heavy atom. The summed E-state index contributed by atoms with van der Waals surface area (Å²) in [5, 5.41) is 3.14. The van der Waals surface area contributed by atoms with Gasteiger partial charge in [-0.3, -0.25) is 0 Å². The molecule has 0 radical (unpaired) electrons. The van der Waals surface area contributed by atoms with Crippen LogP contribution in [-0.2, 0) is 7.65 Å². The standard InChI is InChI=1S/C5H11NO3Se/c7-10(8)9-5-1-3-6-4-2-5/h5-6H,1-4H2,(H,7,8). The van der Waals surface area contributed by atoms with Crippen molar-refractivity contribution < 1.29 is 11.8 Å². The molecule has 1 unspecified atom stereocenters. The SMILES string of the molecule is O=[Se](O)OC1CCNCC1. The molecule has 4 nitrogen and oxygen atoms in total. The summed E-state index contributed by atoms with van der Waals surface area (Å²) in [5.74, 6) is 0. The second-order valence-corrected chi connectivity index (χ2v) is 3.58. The zero-order valence-corrected chi connectivity index (χ0v) is 7.29. The molecule has 1 heterocycles. The van der Waals surface area contributed by atoms with Crippen LogP contribution >= 0.6 is 0 Å². The Hall–Kier alpha value is 0.199. The molecule has 1 aliphatic heterocycles. The van der Waals surface area contributed by atoms with Crippen LogP contribution in [0, 0.1) is 0 Å². The topological polar surface area (TPSA) is 58.6 Å². The van der Waals surface area contributed by atoms with Gasteiger partial charge in [0.05, 0.1) is 0 Å². The van der Waals surface area contributed by atoms with Crippen LogP contribution in [0.25, 0.3) is 0 Å². The molecule has 0 aromatic heterocycles. The van der Waals surface area contributed by atoms with Crippen molar-refractivity contribution in [2.45, 2.75) is 18.9 Å². The zero-order valence-electron chi connectivity index (χ0n) is 5.58. The maximum absolute atomic E-state index is 10.2. The van der Waals surface area contributed by atoms with Gasteiger partial charge in [0.1, 0.15) is 0 Å². The molecule has 0 saturated carbocycles. The molecule has 0 aromatic rings. The molecule has 5 heteroatoms. The van der Waals surface area contributed by atoms with E-state index in [1.165, 1.54) is 0 Å². The molecule has 60 valence electrons. The fourth-order valence-corrected chi connectivity index (χ4v) is 1.90. The van der Waals surface area contributed by atoms with Crippen molar-refractivity contribution in [1.29, 1.82) is 0 Å². The third-order valence-corrected chi connectivity index (χ3v) is 2.42. The fourth-order valence-electron chi connectivity index (χ4n) is 1.01. The van der Waals surface area contributed by atoms with Crippen LogP contribution < -0.4 is 5.32 Å². The van der Waals surface area contributed by atoms with E-state index in [9.17, 15) is 3.83 Å². The first-order chi connectivity index (χ1) is 4.79. The van der Waals surface area contributed by atoms with E-state index >= 15 is 0 Å². The molecular formula is C5H11NO3Se. The summed E-state index contributed by atoms with van der Waals surface area (Å²) in [7, 11) is 0. The van der Waals surface area contributed by atoms with Gasteiger partial charge in [-0.05, 0) is 0 Å². The number of nitrogens with one attached hydrogen (secondary N) is 1. The first-order valence-electron chi connectivity index (χ1n) is 3.28. The van der Waals surface area contributed by atoms with Crippen LogP contribution in [0.3, 0.4) is 0 Å². The Kier molecular flexibility index (Phi) is 3.45. The van der Waals surface area contributed by atoms with E-state index in [4.69, 9.17) is 8.01 Å². The van der Waals surface area contributed by atoms with Crippen LogP contribution in [0.1, 0.15) is 12.8 Å². The van der Waals surface area contributed by atoms with E-state index in [2.05, 4.69) is 5.32 Å².